The maximum absolute atomic E-state index is 4.87. The quantitative estimate of drug-likeness (QED) is 0.464. The summed E-state index contributed by atoms with van der Waals surface area (Å²) >= 11 is 0. The minimum absolute atomic E-state index is 0.0358. The van der Waals surface area contributed by atoms with Crippen LogP contribution in [0.25, 0.3) is 0 Å². The van der Waals surface area contributed by atoms with Gasteiger partial charge >= 0.3 is 0 Å². The van der Waals surface area contributed by atoms with Crippen LogP contribution in [0, 0.1) is 0 Å². The van der Waals surface area contributed by atoms with Gasteiger partial charge in [-0.3, -0.25) is 4.99 Å². The molecule has 3 heteroatoms. The average Bonchev–Trinajstić information content (AvgIpc) is 2.49. The van der Waals surface area contributed by atoms with Gasteiger partial charge in [0.15, 0.2) is 0 Å². The van der Waals surface area contributed by atoms with Crippen LogP contribution < -0.4 is 10.6 Å². The van der Waals surface area contributed by atoms with E-state index < -0.39 is 0 Å². The number of amidine groups is 1. The minimum Gasteiger partial charge on any atom is -0.380 e. The van der Waals surface area contributed by atoms with Gasteiger partial charge in [0.25, 0.3) is 0 Å². The number of nitrogens with zero attached hydrogens (tertiary/aromatic N) is 1. The number of allylic oxidation sites excluding steroid dienone is 1. The maximum Gasteiger partial charge on any atom is 0.149 e. The summed E-state index contributed by atoms with van der Waals surface area (Å²) in [7, 11) is 0. The summed E-state index contributed by atoms with van der Waals surface area (Å²) in [6, 6.07) is 7.35. The molecule has 0 bridgehead atoms. The first-order valence-corrected chi connectivity index (χ1v) is 10.2. The molecule has 0 unspecified atom stereocenters. The fourth-order valence-electron chi connectivity index (χ4n) is 2.89. The highest BCUT2D eigenvalue weighted by Gasteiger charge is 2.23. The van der Waals surface area contributed by atoms with Crippen molar-refractivity contribution < 1.29 is 0 Å². The van der Waals surface area contributed by atoms with E-state index in [9.17, 15) is 0 Å². The van der Waals surface area contributed by atoms with Crippen LogP contribution in [0.5, 0.6) is 0 Å². The molecule has 2 N–H and O–H groups in total. The molecular formula is C24H41N3. The molecule has 152 valence electrons. The van der Waals surface area contributed by atoms with E-state index in [2.05, 4.69) is 111 Å². The van der Waals surface area contributed by atoms with E-state index >= 15 is 0 Å². The van der Waals surface area contributed by atoms with Gasteiger partial charge in [0.2, 0.25) is 0 Å². The normalized spacial score (nSPS) is 14.1. The molecular weight excluding hydrogens is 330 g/mol. The molecule has 27 heavy (non-hydrogen) atoms. The van der Waals surface area contributed by atoms with Crippen molar-refractivity contribution in [3.8, 4) is 0 Å². The minimum atomic E-state index is 0.0358. The van der Waals surface area contributed by atoms with Crippen LogP contribution in [0.15, 0.2) is 35.0 Å². The Morgan fingerprint density at radius 3 is 1.96 bits per heavy atom. The van der Waals surface area contributed by atoms with Gasteiger partial charge in [-0.15, -0.1) is 0 Å². The zero-order valence-electron chi connectivity index (χ0n) is 19.4. The van der Waals surface area contributed by atoms with Crippen LogP contribution in [0.4, 0.5) is 5.69 Å². The molecule has 0 radical (unpaired) electrons. The smallest absolute Gasteiger partial charge is 0.149 e. The summed E-state index contributed by atoms with van der Waals surface area (Å²) in [5.41, 5.74) is 4.99. The summed E-state index contributed by atoms with van der Waals surface area (Å²) in [6.45, 7) is 24.1. The van der Waals surface area contributed by atoms with Crippen LogP contribution >= 0.6 is 0 Å². The van der Waals surface area contributed by atoms with Crippen LogP contribution in [-0.2, 0) is 10.8 Å². The van der Waals surface area contributed by atoms with Gasteiger partial charge in [-0.05, 0) is 62.6 Å². The summed E-state index contributed by atoms with van der Waals surface area (Å²) in [6.07, 6.45) is 2.09. The summed E-state index contributed by atoms with van der Waals surface area (Å²) < 4.78 is 0. The van der Waals surface area contributed by atoms with Crippen molar-refractivity contribution in [3.63, 3.8) is 0 Å². The SMILES string of the molecule is C/C=C(NC(C)C)\C(=N/C(C)C)Nc1ccc(C(C)(C)C)cc1C(C)(C)C. The molecule has 0 aliphatic rings. The Balaban J connectivity index is 3.45. The van der Waals surface area contributed by atoms with Gasteiger partial charge in [-0.2, -0.15) is 0 Å². The molecule has 0 spiro atoms. The molecule has 0 fully saturated rings. The third-order valence-electron chi connectivity index (χ3n) is 4.32. The molecule has 3 nitrogen and oxygen atoms in total. The number of benzene rings is 1. The average molecular weight is 372 g/mol. The molecule has 1 aromatic rings. The topological polar surface area (TPSA) is 36.4 Å². The van der Waals surface area contributed by atoms with E-state index in [0.29, 0.717) is 6.04 Å². The monoisotopic (exact) mass is 371 g/mol. The van der Waals surface area contributed by atoms with Crippen molar-refractivity contribution in [1.82, 2.24) is 5.32 Å². The fraction of sp³-hybridized carbons (Fsp3) is 0.625. The Kier molecular flexibility index (Phi) is 7.71. The molecule has 0 aromatic heterocycles. The van der Waals surface area contributed by atoms with Crippen LogP contribution in [0.2, 0.25) is 0 Å². The Morgan fingerprint density at radius 2 is 1.56 bits per heavy atom. The van der Waals surface area contributed by atoms with Gasteiger partial charge in [0.1, 0.15) is 5.84 Å². The number of rotatable bonds is 5. The molecule has 1 aromatic carbocycles. The second-order valence-corrected chi connectivity index (χ2v) is 9.96. The van der Waals surface area contributed by atoms with Gasteiger partial charge in [-0.1, -0.05) is 59.8 Å². The van der Waals surface area contributed by atoms with Crippen LogP contribution in [0.3, 0.4) is 0 Å². The van der Waals surface area contributed by atoms with Crippen molar-refractivity contribution in [2.24, 2.45) is 4.99 Å². The summed E-state index contributed by atoms with van der Waals surface area (Å²) in [4.78, 5) is 4.87. The van der Waals surface area contributed by atoms with Gasteiger partial charge < -0.3 is 10.6 Å². The predicted octanol–water partition coefficient (Wildman–Crippen LogP) is 6.40. The van der Waals surface area contributed by atoms with Gasteiger partial charge in [0.05, 0.1) is 5.70 Å². The lowest BCUT2D eigenvalue weighted by atomic mass is 9.80. The van der Waals surface area contributed by atoms with Crippen molar-refractivity contribution in [2.75, 3.05) is 5.32 Å². The van der Waals surface area contributed by atoms with Crippen LogP contribution in [0.1, 0.15) is 87.3 Å². The van der Waals surface area contributed by atoms with Gasteiger partial charge in [-0.25, -0.2) is 0 Å². The van der Waals surface area contributed by atoms with Crippen molar-refractivity contribution in [2.45, 2.75) is 99.1 Å². The van der Waals surface area contributed by atoms with E-state index in [4.69, 9.17) is 4.99 Å². The third kappa shape index (κ3) is 7.04. The summed E-state index contributed by atoms with van der Waals surface area (Å²) in [5, 5.41) is 7.16. The largest absolute Gasteiger partial charge is 0.380 e. The van der Waals surface area contributed by atoms with Crippen molar-refractivity contribution in [1.29, 1.82) is 0 Å². The maximum atomic E-state index is 4.87. The first-order chi connectivity index (χ1) is 12.3. The zero-order chi connectivity index (χ0) is 21.0. The second-order valence-electron chi connectivity index (χ2n) is 9.96. The highest BCUT2D eigenvalue weighted by Crippen LogP contribution is 2.34. The zero-order valence-corrected chi connectivity index (χ0v) is 19.4. The molecule has 1 rings (SSSR count). The highest BCUT2D eigenvalue weighted by atomic mass is 15.1. The molecule has 0 aliphatic heterocycles. The molecule has 0 atom stereocenters. The lowest BCUT2D eigenvalue weighted by Crippen LogP contribution is -2.32. The predicted molar refractivity (Wildman–Crippen MR) is 122 cm³/mol. The standard InChI is InChI=1S/C24H41N3/c1-12-20(25-16(2)3)22(26-17(4)5)27-21-14-13-18(23(6,7)8)15-19(21)24(9,10)11/h12-17,25H,1-11H3,(H,26,27)/b20-12+. The van der Waals surface area contributed by atoms with E-state index in [1.165, 1.54) is 11.1 Å². The van der Waals surface area contributed by atoms with Crippen molar-refractivity contribution >= 4 is 11.5 Å². The Bertz CT molecular complexity index is 681. The fourth-order valence-corrected chi connectivity index (χ4v) is 2.89. The highest BCUT2D eigenvalue weighted by molar-refractivity contribution is 6.08. The lowest BCUT2D eigenvalue weighted by Gasteiger charge is -2.28. The Hall–Kier alpha value is -1.77. The molecule has 0 saturated heterocycles. The van der Waals surface area contributed by atoms with Crippen LogP contribution in [-0.4, -0.2) is 17.9 Å². The number of hydrogen-bond acceptors (Lipinski definition) is 2. The molecule has 0 heterocycles. The number of anilines is 1. The number of aliphatic imine (C=N–C) groups is 1. The Labute approximate surface area is 167 Å². The Morgan fingerprint density at radius 1 is 0.963 bits per heavy atom. The van der Waals surface area contributed by atoms with Crippen molar-refractivity contribution in [3.05, 3.63) is 41.1 Å². The first-order valence-electron chi connectivity index (χ1n) is 10.2. The first kappa shape index (κ1) is 23.3. The molecule has 0 amide bonds. The summed E-state index contributed by atoms with van der Waals surface area (Å²) in [5.74, 6) is 0.898. The number of hydrogen-bond donors (Lipinski definition) is 2. The van der Waals surface area contributed by atoms with E-state index in [1.54, 1.807) is 0 Å². The molecule has 0 aliphatic carbocycles. The number of nitrogens with one attached hydrogen (secondary N) is 2. The van der Waals surface area contributed by atoms with Gasteiger partial charge in [0, 0.05) is 17.8 Å². The van der Waals surface area contributed by atoms with E-state index in [1.807, 2.05) is 0 Å². The van der Waals surface area contributed by atoms with E-state index in [0.717, 1.165) is 17.2 Å². The lowest BCUT2D eigenvalue weighted by molar-refractivity contribution is 0.570. The van der Waals surface area contributed by atoms with E-state index in [-0.39, 0.29) is 16.9 Å². The third-order valence-corrected chi connectivity index (χ3v) is 4.32. The second kappa shape index (κ2) is 8.95. The molecule has 0 saturated carbocycles.